The van der Waals surface area contributed by atoms with Gasteiger partial charge in [-0.25, -0.2) is 0 Å². The van der Waals surface area contributed by atoms with E-state index < -0.39 is 86.3 Å². The number of benzene rings is 1. The standard InChI is InChI=1S/C20H28N2O12/c23-5-9-11(25)13(27)15(29)19(33-9)21-17(31)7-1-2-8(4-3-7)18(32)22-20-16(30)14(28)12(26)10(6-24)34-20/h1-4,9-16,19-20,23-30H,5-6H2,(H,21,31)(H,22,32)/t9-,10-,11+,12+,13+,14+,15-,16-,19?,20?/m1/s1. The van der Waals surface area contributed by atoms with Crippen molar-refractivity contribution in [2.75, 3.05) is 13.2 Å². The fraction of sp³-hybridized carbons (Fsp3) is 0.600. The minimum atomic E-state index is -1.66. The molecule has 2 unspecified atom stereocenters. The van der Waals surface area contributed by atoms with Gasteiger partial charge in [-0.1, -0.05) is 0 Å². The predicted molar refractivity (Wildman–Crippen MR) is 109 cm³/mol. The zero-order valence-electron chi connectivity index (χ0n) is 17.7. The molecule has 2 saturated heterocycles. The first-order valence-electron chi connectivity index (χ1n) is 10.4. The zero-order chi connectivity index (χ0) is 25.2. The molecule has 10 N–H and O–H groups in total. The number of carbonyl (C=O) groups is 2. The Morgan fingerprint density at radius 1 is 0.618 bits per heavy atom. The molecule has 14 heteroatoms. The van der Waals surface area contributed by atoms with E-state index >= 15 is 0 Å². The van der Waals surface area contributed by atoms with Crippen molar-refractivity contribution in [1.29, 1.82) is 0 Å². The number of rotatable bonds is 6. The van der Waals surface area contributed by atoms with Gasteiger partial charge in [0.1, 0.15) is 48.8 Å². The monoisotopic (exact) mass is 488 g/mol. The Balaban J connectivity index is 1.62. The molecule has 1 aromatic carbocycles. The average Bonchev–Trinajstić information content (AvgIpc) is 2.84. The molecule has 2 aliphatic rings. The first-order valence-corrected chi connectivity index (χ1v) is 10.4. The van der Waals surface area contributed by atoms with Crippen molar-refractivity contribution in [3.05, 3.63) is 35.4 Å². The topological polar surface area (TPSA) is 238 Å². The summed E-state index contributed by atoms with van der Waals surface area (Å²) in [4.78, 5) is 25.0. The molecule has 0 spiro atoms. The van der Waals surface area contributed by atoms with Gasteiger partial charge in [0.15, 0.2) is 12.5 Å². The number of aliphatic hydroxyl groups is 8. The number of hydrogen-bond donors (Lipinski definition) is 10. The van der Waals surface area contributed by atoms with E-state index in [-0.39, 0.29) is 11.1 Å². The fourth-order valence-electron chi connectivity index (χ4n) is 3.64. The van der Waals surface area contributed by atoms with Crippen LogP contribution in [0.5, 0.6) is 0 Å². The third kappa shape index (κ3) is 5.36. The van der Waals surface area contributed by atoms with E-state index in [0.717, 1.165) is 0 Å². The summed E-state index contributed by atoms with van der Waals surface area (Å²) < 4.78 is 10.4. The highest BCUT2D eigenvalue weighted by molar-refractivity contribution is 5.98. The lowest BCUT2D eigenvalue weighted by Crippen LogP contribution is -2.63. The molecular formula is C20H28N2O12. The van der Waals surface area contributed by atoms with Crippen molar-refractivity contribution in [3.8, 4) is 0 Å². The summed E-state index contributed by atoms with van der Waals surface area (Å²) in [5.74, 6) is -1.49. The normalized spacial score (nSPS) is 38.2. The second-order valence-electron chi connectivity index (χ2n) is 8.02. The van der Waals surface area contributed by atoms with Crippen LogP contribution in [0, 0.1) is 0 Å². The maximum absolute atomic E-state index is 12.5. The number of nitrogens with one attached hydrogen (secondary N) is 2. The first kappa shape index (κ1) is 26.4. The van der Waals surface area contributed by atoms with Gasteiger partial charge in [0, 0.05) is 11.1 Å². The lowest BCUT2D eigenvalue weighted by atomic mass is 9.98. The molecule has 0 aromatic heterocycles. The molecule has 0 radical (unpaired) electrons. The van der Waals surface area contributed by atoms with Crippen LogP contribution < -0.4 is 10.6 Å². The maximum Gasteiger partial charge on any atom is 0.253 e. The van der Waals surface area contributed by atoms with Crippen LogP contribution in [0.25, 0.3) is 0 Å². The number of ether oxygens (including phenoxy) is 2. The SMILES string of the molecule is O=C(NC1O[C@H](CO)[C@H](O)[C@H](O)[C@H]1O)c1ccc(C(=O)NC2O[C@H](CO)[C@H](O)[C@H](O)[C@H]2O)cc1. The first-order chi connectivity index (χ1) is 16.1. The van der Waals surface area contributed by atoms with Gasteiger partial charge in [-0.2, -0.15) is 0 Å². The molecule has 2 amide bonds. The zero-order valence-corrected chi connectivity index (χ0v) is 17.7. The highest BCUT2D eigenvalue weighted by Gasteiger charge is 2.45. The Kier molecular flexibility index (Phi) is 8.53. The highest BCUT2D eigenvalue weighted by Crippen LogP contribution is 2.21. The van der Waals surface area contributed by atoms with Gasteiger partial charge < -0.3 is 61.0 Å². The number of carbonyl (C=O) groups excluding carboxylic acids is 2. The quantitative estimate of drug-likeness (QED) is 0.181. The maximum atomic E-state index is 12.5. The molecule has 3 rings (SSSR count). The summed E-state index contributed by atoms with van der Waals surface area (Å²) >= 11 is 0. The van der Waals surface area contributed by atoms with E-state index in [1.165, 1.54) is 24.3 Å². The van der Waals surface area contributed by atoms with Crippen LogP contribution in [0.15, 0.2) is 24.3 Å². The third-order valence-electron chi connectivity index (χ3n) is 5.74. The van der Waals surface area contributed by atoms with Gasteiger partial charge in [0.2, 0.25) is 0 Å². The van der Waals surface area contributed by atoms with Gasteiger partial charge in [-0.3, -0.25) is 9.59 Å². The van der Waals surface area contributed by atoms with E-state index in [9.17, 15) is 50.4 Å². The summed E-state index contributed by atoms with van der Waals surface area (Å²) in [6, 6.07) is 5.06. The van der Waals surface area contributed by atoms with E-state index in [2.05, 4.69) is 10.6 Å². The van der Waals surface area contributed by atoms with Crippen LogP contribution in [0.2, 0.25) is 0 Å². The van der Waals surface area contributed by atoms with Gasteiger partial charge in [0.25, 0.3) is 11.8 Å². The predicted octanol–water partition coefficient (Wildman–Crippen LogP) is -5.25. The lowest BCUT2D eigenvalue weighted by molar-refractivity contribution is -0.233. The van der Waals surface area contributed by atoms with Crippen molar-refractivity contribution in [2.45, 2.75) is 61.3 Å². The average molecular weight is 488 g/mol. The highest BCUT2D eigenvalue weighted by atomic mass is 16.6. The molecule has 2 fully saturated rings. The van der Waals surface area contributed by atoms with Crippen LogP contribution in [0.1, 0.15) is 20.7 Å². The fourth-order valence-corrected chi connectivity index (χ4v) is 3.64. The molecule has 0 bridgehead atoms. The van der Waals surface area contributed by atoms with Crippen molar-refractivity contribution in [1.82, 2.24) is 10.6 Å². The van der Waals surface area contributed by atoms with Gasteiger partial charge in [-0.15, -0.1) is 0 Å². The Hall–Kier alpha value is -2.24. The van der Waals surface area contributed by atoms with E-state index in [1.807, 2.05) is 0 Å². The Morgan fingerprint density at radius 3 is 1.24 bits per heavy atom. The van der Waals surface area contributed by atoms with Gasteiger partial charge in [-0.05, 0) is 24.3 Å². The largest absolute Gasteiger partial charge is 0.394 e. The molecule has 10 atom stereocenters. The van der Waals surface area contributed by atoms with Gasteiger partial charge in [0.05, 0.1) is 13.2 Å². The second-order valence-corrected chi connectivity index (χ2v) is 8.02. The summed E-state index contributed by atoms with van der Waals surface area (Å²) in [6.45, 7) is -1.31. The molecule has 14 nitrogen and oxygen atoms in total. The van der Waals surface area contributed by atoms with Crippen LogP contribution in [-0.4, -0.2) is 127 Å². The van der Waals surface area contributed by atoms with E-state index in [0.29, 0.717) is 0 Å². The van der Waals surface area contributed by atoms with E-state index in [1.54, 1.807) is 0 Å². The summed E-state index contributed by atoms with van der Waals surface area (Å²) in [5.41, 5.74) is 0.0858. The summed E-state index contributed by atoms with van der Waals surface area (Å²) in [7, 11) is 0. The summed E-state index contributed by atoms with van der Waals surface area (Å²) in [6.07, 6.45) is -15.0. The second kappa shape index (κ2) is 11.0. The minimum Gasteiger partial charge on any atom is -0.394 e. The van der Waals surface area contributed by atoms with E-state index in [4.69, 9.17) is 9.47 Å². The molecule has 34 heavy (non-hydrogen) atoms. The van der Waals surface area contributed by atoms with Crippen LogP contribution >= 0.6 is 0 Å². The number of aliphatic hydroxyl groups excluding tert-OH is 8. The van der Waals surface area contributed by atoms with Gasteiger partial charge >= 0.3 is 0 Å². The van der Waals surface area contributed by atoms with Crippen molar-refractivity contribution in [2.24, 2.45) is 0 Å². The molecule has 2 aliphatic heterocycles. The van der Waals surface area contributed by atoms with Crippen LogP contribution in [-0.2, 0) is 9.47 Å². The minimum absolute atomic E-state index is 0.0429. The Labute approximate surface area is 193 Å². The summed E-state index contributed by atoms with van der Waals surface area (Å²) in [5, 5.41) is 82.3. The molecule has 0 aliphatic carbocycles. The van der Waals surface area contributed by atoms with Crippen LogP contribution in [0.4, 0.5) is 0 Å². The molecular weight excluding hydrogens is 460 g/mol. The number of amides is 2. The Morgan fingerprint density at radius 2 is 0.941 bits per heavy atom. The van der Waals surface area contributed by atoms with Crippen molar-refractivity contribution in [3.63, 3.8) is 0 Å². The molecule has 2 heterocycles. The van der Waals surface area contributed by atoms with Crippen molar-refractivity contribution < 1.29 is 59.9 Å². The van der Waals surface area contributed by atoms with Crippen LogP contribution in [0.3, 0.4) is 0 Å². The molecule has 1 aromatic rings. The number of hydrogen-bond acceptors (Lipinski definition) is 12. The molecule has 0 saturated carbocycles. The molecule has 190 valence electrons. The van der Waals surface area contributed by atoms with Crippen molar-refractivity contribution >= 4 is 11.8 Å². The lowest BCUT2D eigenvalue weighted by Gasteiger charge is -2.40. The third-order valence-corrected chi connectivity index (χ3v) is 5.74. The Bertz CT molecular complexity index is 781. The smallest absolute Gasteiger partial charge is 0.253 e.